The molecule has 0 radical (unpaired) electrons. The van der Waals surface area contributed by atoms with Gasteiger partial charge in [0.2, 0.25) is 5.91 Å². The highest BCUT2D eigenvalue weighted by Crippen LogP contribution is 2.29. The highest BCUT2D eigenvalue weighted by atomic mass is 16.6. The fourth-order valence-corrected chi connectivity index (χ4v) is 2.74. The number of hydrogen-bond donors (Lipinski definition) is 1. The molecule has 1 amide bonds. The van der Waals surface area contributed by atoms with E-state index < -0.39 is 4.92 Å². The molecule has 0 aromatic heterocycles. The number of non-ortho nitro benzene ring substituents is 1. The Hall–Kier alpha value is -3.09. The highest BCUT2D eigenvalue weighted by molar-refractivity contribution is 5.92. The first-order valence-electron chi connectivity index (χ1n) is 9.62. The van der Waals surface area contributed by atoms with E-state index in [1.807, 2.05) is 12.1 Å². The molecule has 0 atom stereocenters. The number of methoxy groups -OCH3 is 1. The summed E-state index contributed by atoms with van der Waals surface area (Å²) in [6.07, 6.45) is 1.87. The zero-order chi connectivity index (χ0) is 21.4. The van der Waals surface area contributed by atoms with Crippen LogP contribution in [0.4, 0.5) is 11.4 Å². The van der Waals surface area contributed by atoms with Gasteiger partial charge in [0, 0.05) is 12.5 Å². The zero-order valence-electron chi connectivity index (χ0n) is 17.4. The summed E-state index contributed by atoms with van der Waals surface area (Å²) in [4.78, 5) is 22.5. The van der Waals surface area contributed by atoms with Crippen molar-refractivity contribution in [3.05, 3.63) is 58.1 Å². The van der Waals surface area contributed by atoms with Crippen LogP contribution in [0.5, 0.6) is 11.5 Å². The van der Waals surface area contributed by atoms with Crippen molar-refractivity contribution in [1.82, 2.24) is 0 Å². The van der Waals surface area contributed by atoms with E-state index in [2.05, 4.69) is 38.2 Å². The molecule has 29 heavy (non-hydrogen) atoms. The molecule has 156 valence electrons. The van der Waals surface area contributed by atoms with E-state index in [9.17, 15) is 14.9 Å². The van der Waals surface area contributed by atoms with E-state index in [0.29, 0.717) is 18.7 Å². The summed E-state index contributed by atoms with van der Waals surface area (Å²) in [6, 6.07) is 12.1. The maximum atomic E-state index is 12.1. The van der Waals surface area contributed by atoms with Crippen LogP contribution in [0.15, 0.2) is 42.5 Å². The first-order chi connectivity index (χ1) is 13.8. The number of carbonyl (C=O) groups excluding carboxylic acids is 1. The molecule has 0 aliphatic rings. The second kappa shape index (κ2) is 9.91. The molecule has 0 spiro atoms. The van der Waals surface area contributed by atoms with Gasteiger partial charge >= 0.3 is 0 Å². The van der Waals surface area contributed by atoms with E-state index >= 15 is 0 Å². The normalized spacial score (nSPS) is 11.0. The summed E-state index contributed by atoms with van der Waals surface area (Å²) in [6.45, 7) is 7.01. The molecule has 0 fully saturated rings. The van der Waals surface area contributed by atoms with E-state index in [4.69, 9.17) is 9.47 Å². The van der Waals surface area contributed by atoms with Gasteiger partial charge in [-0.3, -0.25) is 14.9 Å². The lowest BCUT2D eigenvalue weighted by Crippen LogP contribution is -2.15. The lowest BCUT2D eigenvalue weighted by atomic mass is 9.82. The maximum Gasteiger partial charge on any atom is 0.273 e. The number of carbonyl (C=O) groups is 1. The lowest BCUT2D eigenvalue weighted by Gasteiger charge is -2.23. The molecule has 0 aliphatic carbocycles. The van der Waals surface area contributed by atoms with Gasteiger partial charge < -0.3 is 14.8 Å². The number of rotatable bonds is 10. The summed E-state index contributed by atoms with van der Waals surface area (Å²) in [7, 11) is 1.40. The molecule has 2 rings (SSSR count). The van der Waals surface area contributed by atoms with E-state index in [-0.39, 0.29) is 29.2 Å². The van der Waals surface area contributed by atoms with E-state index in [0.717, 1.165) is 12.2 Å². The average molecular weight is 400 g/mol. The minimum absolute atomic E-state index is 0.0957. The minimum atomic E-state index is -0.513. The Kier molecular flexibility index (Phi) is 7.59. The Balaban J connectivity index is 1.81. The summed E-state index contributed by atoms with van der Waals surface area (Å²) in [5.41, 5.74) is 1.71. The molecule has 0 saturated carbocycles. The quantitative estimate of drug-likeness (QED) is 0.341. The topological polar surface area (TPSA) is 90.7 Å². The van der Waals surface area contributed by atoms with Crippen molar-refractivity contribution < 1.29 is 19.2 Å². The predicted octanol–water partition coefficient (Wildman–Crippen LogP) is 5.09. The van der Waals surface area contributed by atoms with Gasteiger partial charge in [0.25, 0.3) is 5.69 Å². The minimum Gasteiger partial charge on any atom is -0.494 e. The van der Waals surface area contributed by atoms with Gasteiger partial charge in [0.1, 0.15) is 11.5 Å². The van der Waals surface area contributed by atoms with Crippen molar-refractivity contribution in [3.8, 4) is 11.5 Å². The number of nitrogens with one attached hydrogen (secondary N) is 1. The molecule has 7 nitrogen and oxygen atoms in total. The van der Waals surface area contributed by atoms with E-state index in [1.165, 1.54) is 30.9 Å². The van der Waals surface area contributed by atoms with Crippen LogP contribution in [-0.2, 0) is 10.2 Å². The van der Waals surface area contributed by atoms with Crippen LogP contribution in [0.1, 0.15) is 45.6 Å². The van der Waals surface area contributed by atoms with Gasteiger partial charge in [-0.25, -0.2) is 0 Å². The Morgan fingerprint density at radius 1 is 1.17 bits per heavy atom. The lowest BCUT2D eigenvalue weighted by molar-refractivity contribution is -0.384. The van der Waals surface area contributed by atoms with E-state index in [1.54, 1.807) is 0 Å². The molecule has 7 heteroatoms. The van der Waals surface area contributed by atoms with Crippen molar-refractivity contribution >= 4 is 17.3 Å². The SMILES string of the molecule is CCC(C)(C)c1ccc(OCCCC(=O)Nc2ccc([N+](=O)[O-])cc2OC)cc1. The van der Waals surface area contributed by atoms with Gasteiger partial charge in [0.15, 0.2) is 0 Å². The third-order valence-corrected chi connectivity index (χ3v) is 5.01. The third kappa shape index (κ3) is 6.20. The van der Waals surface area contributed by atoms with Gasteiger partial charge in [0.05, 0.1) is 30.4 Å². The Labute approximate surface area is 171 Å². The zero-order valence-corrected chi connectivity index (χ0v) is 17.4. The predicted molar refractivity (Wildman–Crippen MR) is 113 cm³/mol. The summed E-state index contributed by atoms with van der Waals surface area (Å²) >= 11 is 0. The molecule has 1 N–H and O–H groups in total. The molecule has 0 heterocycles. The fraction of sp³-hybridized carbons (Fsp3) is 0.409. The van der Waals surface area contributed by atoms with Crippen molar-refractivity contribution in [2.24, 2.45) is 0 Å². The molecular formula is C22H28N2O5. The summed E-state index contributed by atoms with van der Waals surface area (Å²) < 4.78 is 10.8. The standard InChI is InChI=1S/C22H28N2O5/c1-5-22(2,3)16-8-11-18(12-9-16)29-14-6-7-21(25)23-19-13-10-17(24(26)27)15-20(19)28-4/h8-13,15H,5-7,14H2,1-4H3,(H,23,25). The van der Waals surface area contributed by atoms with Gasteiger partial charge in [-0.1, -0.05) is 32.9 Å². The number of ether oxygens (including phenoxy) is 2. The van der Waals surface area contributed by atoms with Crippen LogP contribution in [-0.4, -0.2) is 24.5 Å². The average Bonchev–Trinajstić information content (AvgIpc) is 2.71. The number of nitro benzene ring substituents is 1. The van der Waals surface area contributed by atoms with Crippen LogP contribution in [0.3, 0.4) is 0 Å². The van der Waals surface area contributed by atoms with Gasteiger partial charge in [-0.05, 0) is 42.0 Å². The number of hydrogen-bond acceptors (Lipinski definition) is 5. The Morgan fingerprint density at radius 3 is 2.45 bits per heavy atom. The van der Waals surface area contributed by atoms with Crippen LogP contribution in [0.25, 0.3) is 0 Å². The maximum absolute atomic E-state index is 12.1. The van der Waals surface area contributed by atoms with Crippen LogP contribution in [0.2, 0.25) is 0 Å². The molecule has 2 aromatic rings. The first kappa shape index (κ1) is 22.2. The van der Waals surface area contributed by atoms with Crippen molar-refractivity contribution in [1.29, 1.82) is 0 Å². The molecule has 0 unspecified atom stereocenters. The fourth-order valence-electron chi connectivity index (χ4n) is 2.74. The Bertz CT molecular complexity index is 847. The van der Waals surface area contributed by atoms with Crippen molar-refractivity contribution in [2.75, 3.05) is 19.0 Å². The molecule has 0 aliphatic heterocycles. The van der Waals surface area contributed by atoms with Gasteiger partial charge in [-0.2, -0.15) is 0 Å². The van der Waals surface area contributed by atoms with Crippen molar-refractivity contribution in [2.45, 2.75) is 45.4 Å². The first-order valence-corrected chi connectivity index (χ1v) is 9.62. The largest absolute Gasteiger partial charge is 0.494 e. The van der Waals surface area contributed by atoms with Crippen LogP contribution < -0.4 is 14.8 Å². The van der Waals surface area contributed by atoms with Gasteiger partial charge in [-0.15, -0.1) is 0 Å². The number of benzene rings is 2. The van der Waals surface area contributed by atoms with Crippen LogP contribution in [0, 0.1) is 10.1 Å². The molecule has 0 saturated heterocycles. The second-order valence-corrected chi connectivity index (χ2v) is 7.40. The highest BCUT2D eigenvalue weighted by Gasteiger charge is 2.17. The Morgan fingerprint density at radius 2 is 1.86 bits per heavy atom. The molecule has 2 aromatic carbocycles. The van der Waals surface area contributed by atoms with Crippen LogP contribution >= 0.6 is 0 Å². The monoisotopic (exact) mass is 400 g/mol. The summed E-state index contributed by atoms with van der Waals surface area (Å²) in [5, 5.41) is 13.5. The molecule has 0 bridgehead atoms. The second-order valence-electron chi connectivity index (χ2n) is 7.40. The third-order valence-electron chi connectivity index (χ3n) is 5.01. The number of anilines is 1. The number of nitro groups is 1. The summed E-state index contributed by atoms with van der Waals surface area (Å²) in [5.74, 6) is 0.817. The number of nitrogens with zero attached hydrogens (tertiary/aromatic N) is 1. The molecular weight excluding hydrogens is 372 g/mol. The smallest absolute Gasteiger partial charge is 0.273 e. The van der Waals surface area contributed by atoms with Crippen molar-refractivity contribution in [3.63, 3.8) is 0 Å². The number of amides is 1.